The minimum absolute atomic E-state index is 0.0714. The van der Waals surface area contributed by atoms with Gasteiger partial charge < -0.3 is 9.88 Å². The molecule has 1 aromatic carbocycles. The summed E-state index contributed by atoms with van der Waals surface area (Å²) in [6.45, 7) is 3.82. The molecule has 1 N–H and O–H groups in total. The van der Waals surface area contributed by atoms with Crippen LogP contribution in [0.2, 0.25) is 0 Å². The molecule has 2 aliphatic heterocycles. The Kier molecular flexibility index (Phi) is 6.74. The Balaban J connectivity index is 1.35. The highest BCUT2D eigenvalue weighted by Gasteiger charge is 2.35. The van der Waals surface area contributed by atoms with Crippen molar-refractivity contribution in [2.24, 2.45) is 0 Å². The fourth-order valence-electron chi connectivity index (χ4n) is 4.96. The molecule has 0 atom stereocenters. The summed E-state index contributed by atoms with van der Waals surface area (Å²) >= 11 is 0. The van der Waals surface area contributed by atoms with Crippen LogP contribution >= 0.6 is 0 Å². The molecule has 0 bridgehead atoms. The van der Waals surface area contributed by atoms with Crippen molar-refractivity contribution in [2.45, 2.75) is 57.8 Å². The molecule has 0 aliphatic carbocycles. The van der Waals surface area contributed by atoms with Gasteiger partial charge in [0.05, 0.1) is 17.7 Å². The van der Waals surface area contributed by atoms with Crippen molar-refractivity contribution in [1.29, 1.82) is 0 Å². The van der Waals surface area contributed by atoms with Gasteiger partial charge in [0.2, 0.25) is 10.0 Å². The quantitative estimate of drug-likeness (QED) is 0.451. The van der Waals surface area contributed by atoms with E-state index in [-0.39, 0.29) is 36.4 Å². The van der Waals surface area contributed by atoms with Crippen molar-refractivity contribution >= 4 is 21.7 Å². The zero-order valence-corrected chi connectivity index (χ0v) is 22.0. The fraction of sp³-hybridized carbons (Fsp3) is 0.440. The van der Waals surface area contributed by atoms with Crippen molar-refractivity contribution in [3.63, 3.8) is 0 Å². The normalized spacial score (nSPS) is 17.1. The predicted molar refractivity (Wildman–Crippen MR) is 134 cm³/mol. The lowest BCUT2D eigenvalue weighted by Crippen LogP contribution is -2.38. The van der Waals surface area contributed by atoms with Crippen LogP contribution in [0.1, 0.15) is 54.0 Å². The van der Waals surface area contributed by atoms with Crippen LogP contribution in [0.4, 0.5) is 23.4 Å². The summed E-state index contributed by atoms with van der Waals surface area (Å²) in [5.41, 5.74) is 0.795. The Labute approximate surface area is 222 Å². The van der Waals surface area contributed by atoms with Crippen molar-refractivity contribution in [3.8, 4) is 11.5 Å². The SMILES string of the molecule is CC1(C)CCc2nnc(-c3cccc(NC(=O)c4cc5c(cc4F)CCN(S(=O)(=O)CCC(F)(F)F)C5)n3)n21. The third-order valence-electron chi connectivity index (χ3n) is 7.06. The number of nitrogens with zero attached hydrogens (tertiary/aromatic N) is 5. The van der Waals surface area contributed by atoms with Crippen LogP contribution in [-0.2, 0) is 34.9 Å². The monoisotopic (exact) mass is 566 g/mol. The molecular formula is C25H26F4N6O3S. The highest BCUT2D eigenvalue weighted by Crippen LogP contribution is 2.35. The molecule has 1 amide bonds. The molecule has 39 heavy (non-hydrogen) atoms. The second-order valence-corrected chi connectivity index (χ2v) is 12.4. The average Bonchev–Trinajstić information content (AvgIpc) is 3.43. The Bertz CT molecular complexity index is 1550. The maximum Gasteiger partial charge on any atom is 0.390 e. The third-order valence-corrected chi connectivity index (χ3v) is 8.88. The number of amides is 1. The summed E-state index contributed by atoms with van der Waals surface area (Å²) in [6.07, 6.45) is -4.27. The van der Waals surface area contributed by atoms with Crippen molar-refractivity contribution in [3.05, 3.63) is 58.7 Å². The second-order valence-electron chi connectivity index (χ2n) is 10.3. The molecule has 0 saturated heterocycles. The lowest BCUT2D eigenvalue weighted by Gasteiger charge is -2.28. The van der Waals surface area contributed by atoms with Gasteiger partial charge in [0, 0.05) is 25.0 Å². The van der Waals surface area contributed by atoms with Crippen LogP contribution in [0.15, 0.2) is 30.3 Å². The molecule has 0 unspecified atom stereocenters. The van der Waals surface area contributed by atoms with Gasteiger partial charge in [-0.25, -0.2) is 17.8 Å². The minimum Gasteiger partial charge on any atom is -0.306 e. The molecule has 0 saturated carbocycles. The van der Waals surface area contributed by atoms with E-state index in [1.807, 2.05) is 4.57 Å². The van der Waals surface area contributed by atoms with Gasteiger partial charge in [-0.1, -0.05) is 6.07 Å². The predicted octanol–water partition coefficient (Wildman–Crippen LogP) is 4.05. The number of sulfonamides is 1. The van der Waals surface area contributed by atoms with Crippen LogP contribution in [-0.4, -0.2) is 56.9 Å². The Hall–Kier alpha value is -3.39. The summed E-state index contributed by atoms with van der Waals surface area (Å²) < 4.78 is 80.5. The number of aromatic nitrogens is 4. The van der Waals surface area contributed by atoms with Crippen LogP contribution in [0.5, 0.6) is 0 Å². The first kappa shape index (κ1) is 27.2. The molecule has 208 valence electrons. The number of halogens is 4. The van der Waals surface area contributed by atoms with E-state index in [0.29, 0.717) is 22.6 Å². The van der Waals surface area contributed by atoms with Crippen molar-refractivity contribution < 1.29 is 30.8 Å². The van der Waals surface area contributed by atoms with Crippen LogP contribution in [0.25, 0.3) is 11.5 Å². The number of carbonyl (C=O) groups excluding carboxylic acids is 1. The van der Waals surface area contributed by atoms with E-state index in [1.165, 1.54) is 6.07 Å². The van der Waals surface area contributed by atoms with Gasteiger partial charge in [0.1, 0.15) is 23.2 Å². The average molecular weight is 567 g/mol. The number of fused-ring (bicyclic) bond motifs is 2. The van der Waals surface area contributed by atoms with E-state index < -0.39 is 40.1 Å². The largest absolute Gasteiger partial charge is 0.390 e. The molecule has 5 rings (SSSR count). The molecule has 0 radical (unpaired) electrons. The molecule has 0 fully saturated rings. The number of hydrogen-bond donors (Lipinski definition) is 1. The summed E-state index contributed by atoms with van der Waals surface area (Å²) in [4.78, 5) is 17.5. The highest BCUT2D eigenvalue weighted by atomic mass is 32.2. The Morgan fingerprint density at radius 1 is 1.13 bits per heavy atom. The molecule has 3 aromatic rings. The third kappa shape index (κ3) is 5.53. The zero-order chi connectivity index (χ0) is 28.2. The van der Waals surface area contributed by atoms with E-state index in [0.717, 1.165) is 29.0 Å². The molecular weight excluding hydrogens is 540 g/mol. The highest BCUT2D eigenvalue weighted by molar-refractivity contribution is 7.89. The van der Waals surface area contributed by atoms with Gasteiger partial charge in [-0.05, 0) is 62.1 Å². The Morgan fingerprint density at radius 2 is 1.90 bits per heavy atom. The number of pyridine rings is 1. The van der Waals surface area contributed by atoms with Crippen molar-refractivity contribution in [2.75, 3.05) is 17.6 Å². The Morgan fingerprint density at radius 3 is 2.64 bits per heavy atom. The minimum atomic E-state index is -4.61. The lowest BCUT2D eigenvalue weighted by atomic mass is 9.97. The number of alkyl halides is 3. The maximum absolute atomic E-state index is 14.9. The van der Waals surface area contributed by atoms with Crippen LogP contribution in [0.3, 0.4) is 0 Å². The van der Waals surface area contributed by atoms with Gasteiger partial charge in [-0.3, -0.25) is 4.79 Å². The van der Waals surface area contributed by atoms with Gasteiger partial charge in [0.15, 0.2) is 5.82 Å². The first-order valence-electron chi connectivity index (χ1n) is 12.3. The topological polar surface area (TPSA) is 110 Å². The summed E-state index contributed by atoms with van der Waals surface area (Å²) in [5.74, 6) is -1.13. The van der Waals surface area contributed by atoms with E-state index in [1.54, 1.807) is 18.2 Å². The number of aryl methyl sites for hydroxylation is 1. The molecule has 0 spiro atoms. The zero-order valence-electron chi connectivity index (χ0n) is 21.2. The van der Waals surface area contributed by atoms with Crippen LogP contribution < -0.4 is 5.32 Å². The van der Waals surface area contributed by atoms with Gasteiger partial charge in [-0.2, -0.15) is 17.5 Å². The number of carbonyl (C=O) groups is 1. The van der Waals surface area contributed by atoms with E-state index in [9.17, 15) is 30.8 Å². The summed E-state index contributed by atoms with van der Waals surface area (Å²) in [7, 11) is -4.19. The van der Waals surface area contributed by atoms with Crippen LogP contribution in [0, 0.1) is 5.82 Å². The second kappa shape index (κ2) is 9.66. The van der Waals surface area contributed by atoms with Gasteiger partial charge in [0.25, 0.3) is 5.91 Å². The number of hydrogen-bond acceptors (Lipinski definition) is 6. The fourth-order valence-corrected chi connectivity index (χ4v) is 6.41. The molecule has 14 heteroatoms. The number of anilines is 1. The van der Waals surface area contributed by atoms with Gasteiger partial charge in [-0.15, -0.1) is 10.2 Å². The van der Waals surface area contributed by atoms with Crippen molar-refractivity contribution in [1.82, 2.24) is 24.1 Å². The summed E-state index contributed by atoms with van der Waals surface area (Å²) in [6, 6.07) is 7.35. The lowest BCUT2D eigenvalue weighted by molar-refractivity contribution is -0.130. The maximum atomic E-state index is 14.9. The van der Waals surface area contributed by atoms with E-state index >= 15 is 0 Å². The standard InChI is InChI=1S/C25H26F4N6O3S/c1-24(2)8-6-21-32-33-22(35(21)24)19-4-3-5-20(30-19)31-23(36)17-12-16-14-34(10-7-15(16)13-18(17)26)39(37,38)11-9-25(27,28)29/h3-5,12-13H,6-11,14H2,1-2H3,(H,30,31,36). The molecule has 9 nitrogen and oxygen atoms in total. The first-order chi connectivity index (χ1) is 18.2. The molecule has 2 aromatic heterocycles. The number of rotatable bonds is 6. The molecule has 4 heterocycles. The smallest absolute Gasteiger partial charge is 0.306 e. The number of benzene rings is 1. The first-order valence-corrected chi connectivity index (χ1v) is 13.9. The molecule has 2 aliphatic rings. The van der Waals surface area contributed by atoms with Gasteiger partial charge >= 0.3 is 6.18 Å². The number of nitrogens with one attached hydrogen (secondary N) is 1. The summed E-state index contributed by atoms with van der Waals surface area (Å²) in [5, 5.41) is 11.1. The van der Waals surface area contributed by atoms with E-state index in [2.05, 4.69) is 34.3 Å². The van der Waals surface area contributed by atoms with E-state index in [4.69, 9.17) is 0 Å².